The van der Waals surface area contributed by atoms with Crippen molar-refractivity contribution in [2.75, 3.05) is 13.1 Å². The predicted octanol–water partition coefficient (Wildman–Crippen LogP) is 0.965. The number of carbonyl (C=O) groups excluding carboxylic acids is 1. The summed E-state index contributed by atoms with van der Waals surface area (Å²) in [5.41, 5.74) is 0.141. The van der Waals surface area contributed by atoms with Crippen LogP contribution in [0.4, 0.5) is 0 Å². The van der Waals surface area contributed by atoms with Gasteiger partial charge in [0.15, 0.2) is 0 Å². The SMILES string of the molecule is O=CC1(C2CCNCC2)CC1. The van der Waals surface area contributed by atoms with Crippen molar-refractivity contribution in [1.82, 2.24) is 5.32 Å². The smallest absolute Gasteiger partial charge is 0.126 e. The first-order valence-electron chi connectivity index (χ1n) is 4.54. The van der Waals surface area contributed by atoms with Crippen LogP contribution in [0.1, 0.15) is 25.7 Å². The van der Waals surface area contributed by atoms with Gasteiger partial charge in [0.2, 0.25) is 0 Å². The molecule has 2 nitrogen and oxygen atoms in total. The molecule has 11 heavy (non-hydrogen) atoms. The van der Waals surface area contributed by atoms with E-state index in [1.807, 2.05) is 0 Å². The molecule has 62 valence electrons. The van der Waals surface area contributed by atoms with E-state index in [1.165, 1.54) is 19.1 Å². The van der Waals surface area contributed by atoms with E-state index < -0.39 is 0 Å². The lowest BCUT2D eigenvalue weighted by Crippen LogP contribution is -2.32. The first-order chi connectivity index (χ1) is 5.37. The molecule has 0 atom stereocenters. The number of piperidine rings is 1. The summed E-state index contributed by atoms with van der Waals surface area (Å²) in [5, 5.41) is 3.32. The van der Waals surface area contributed by atoms with E-state index in [4.69, 9.17) is 0 Å². The van der Waals surface area contributed by atoms with Crippen molar-refractivity contribution in [3.05, 3.63) is 0 Å². The van der Waals surface area contributed by atoms with E-state index in [0.717, 1.165) is 25.9 Å². The van der Waals surface area contributed by atoms with Crippen molar-refractivity contribution in [3.63, 3.8) is 0 Å². The number of aldehydes is 1. The van der Waals surface area contributed by atoms with Gasteiger partial charge in [-0.3, -0.25) is 0 Å². The molecule has 0 radical (unpaired) electrons. The Hall–Kier alpha value is -0.370. The second kappa shape index (κ2) is 2.59. The number of nitrogens with one attached hydrogen (secondary N) is 1. The quantitative estimate of drug-likeness (QED) is 0.599. The fraction of sp³-hybridized carbons (Fsp3) is 0.889. The Bertz CT molecular complexity index is 157. The monoisotopic (exact) mass is 153 g/mol. The maximum Gasteiger partial charge on any atom is 0.126 e. The van der Waals surface area contributed by atoms with E-state index in [2.05, 4.69) is 5.32 Å². The fourth-order valence-corrected chi connectivity index (χ4v) is 2.16. The molecule has 0 aromatic rings. The highest BCUT2D eigenvalue weighted by molar-refractivity contribution is 5.64. The van der Waals surface area contributed by atoms with E-state index in [0.29, 0.717) is 5.92 Å². The van der Waals surface area contributed by atoms with Gasteiger partial charge in [0.25, 0.3) is 0 Å². The Morgan fingerprint density at radius 3 is 2.36 bits per heavy atom. The van der Waals surface area contributed by atoms with Crippen LogP contribution >= 0.6 is 0 Å². The Morgan fingerprint density at radius 2 is 1.91 bits per heavy atom. The Morgan fingerprint density at radius 1 is 1.27 bits per heavy atom. The van der Waals surface area contributed by atoms with Gasteiger partial charge in [-0.1, -0.05) is 0 Å². The summed E-state index contributed by atoms with van der Waals surface area (Å²) in [6.07, 6.45) is 5.93. The standard InChI is InChI=1S/C9H15NO/c11-7-9(3-4-9)8-1-5-10-6-2-8/h7-8,10H,1-6H2. The predicted molar refractivity (Wildman–Crippen MR) is 43.3 cm³/mol. The van der Waals surface area contributed by atoms with Gasteiger partial charge in [0.1, 0.15) is 6.29 Å². The number of rotatable bonds is 2. The number of hydrogen-bond donors (Lipinski definition) is 1. The maximum absolute atomic E-state index is 10.8. The van der Waals surface area contributed by atoms with Crippen LogP contribution in [-0.4, -0.2) is 19.4 Å². The van der Waals surface area contributed by atoms with E-state index in [9.17, 15) is 4.79 Å². The normalized spacial score (nSPS) is 29.8. The Labute approximate surface area is 67.4 Å². The second-order valence-electron chi connectivity index (χ2n) is 3.88. The van der Waals surface area contributed by atoms with Gasteiger partial charge in [0.05, 0.1) is 0 Å². The highest BCUT2D eigenvalue weighted by Crippen LogP contribution is 2.52. The fourth-order valence-electron chi connectivity index (χ4n) is 2.16. The van der Waals surface area contributed by atoms with Gasteiger partial charge in [-0.05, 0) is 44.7 Å². The summed E-state index contributed by atoms with van der Waals surface area (Å²) < 4.78 is 0. The highest BCUT2D eigenvalue weighted by atomic mass is 16.1. The van der Waals surface area contributed by atoms with Crippen LogP contribution in [0.15, 0.2) is 0 Å². The molecule has 1 aliphatic carbocycles. The molecule has 0 unspecified atom stereocenters. The molecule has 0 aromatic heterocycles. The lowest BCUT2D eigenvalue weighted by Gasteiger charge is -2.26. The Balaban J connectivity index is 1.97. The summed E-state index contributed by atoms with van der Waals surface area (Å²) in [7, 11) is 0. The minimum atomic E-state index is 0.141. The van der Waals surface area contributed by atoms with Crippen molar-refractivity contribution < 1.29 is 4.79 Å². The van der Waals surface area contributed by atoms with Crippen molar-refractivity contribution >= 4 is 6.29 Å². The zero-order valence-corrected chi connectivity index (χ0v) is 6.81. The summed E-state index contributed by atoms with van der Waals surface area (Å²) in [4.78, 5) is 10.8. The van der Waals surface area contributed by atoms with Crippen molar-refractivity contribution in [1.29, 1.82) is 0 Å². The molecule has 1 heterocycles. The zero-order valence-electron chi connectivity index (χ0n) is 6.81. The number of carbonyl (C=O) groups is 1. The average molecular weight is 153 g/mol. The van der Waals surface area contributed by atoms with E-state index in [-0.39, 0.29) is 5.41 Å². The molecule has 0 aromatic carbocycles. The van der Waals surface area contributed by atoms with Crippen LogP contribution in [0.5, 0.6) is 0 Å². The third-order valence-electron chi connectivity index (χ3n) is 3.21. The van der Waals surface area contributed by atoms with Gasteiger partial charge >= 0.3 is 0 Å². The van der Waals surface area contributed by atoms with Gasteiger partial charge in [-0.25, -0.2) is 0 Å². The Kier molecular flexibility index (Phi) is 1.72. The minimum absolute atomic E-state index is 0.141. The summed E-state index contributed by atoms with van der Waals surface area (Å²) in [6.45, 7) is 2.22. The first-order valence-corrected chi connectivity index (χ1v) is 4.54. The van der Waals surface area contributed by atoms with Gasteiger partial charge in [-0.15, -0.1) is 0 Å². The topological polar surface area (TPSA) is 29.1 Å². The summed E-state index contributed by atoms with van der Waals surface area (Å²) in [5.74, 6) is 0.696. The van der Waals surface area contributed by atoms with Gasteiger partial charge < -0.3 is 10.1 Å². The largest absolute Gasteiger partial charge is 0.317 e. The van der Waals surface area contributed by atoms with E-state index >= 15 is 0 Å². The molecule has 2 fully saturated rings. The second-order valence-corrected chi connectivity index (χ2v) is 3.88. The van der Waals surface area contributed by atoms with Crippen LogP contribution in [0.2, 0.25) is 0 Å². The molecule has 1 saturated heterocycles. The third kappa shape index (κ3) is 1.20. The molecule has 1 aliphatic heterocycles. The van der Waals surface area contributed by atoms with Gasteiger partial charge in [0, 0.05) is 5.41 Å². The van der Waals surface area contributed by atoms with Crippen LogP contribution in [0.25, 0.3) is 0 Å². The summed E-state index contributed by atoms with van der Waals surface area (Å²) >= 11 is 0. The molecule has 2 rings (SSSR count). The third-order valence-corrected chi connectivity index (χ3v) is 3.21. The summed E-state index contributed by atoms with van der Waals surface area (Å²) in [6, 6.07) is 0. The maximum atomic E-state index is 10.8. The van der Waals surface area contributed by atoms with Crippen LogP contribution in [-0.2, 0) is 4.79 Å². The minimum Gasteiger partial charge on any atom is -0.317 e. The lowest BCUT2D eigenvalue weighted by atomic mass is 9.83. The molecular formula is C9H15NO. The molecule has 1 saturated carbocycles. The van der Waals surface area contributed by atoms with Crippen LogP contribution < -0.4 is 5.32 Å². The van der Waals surface area contributed by atoms with E-state index in [1.54, 1.807) is 0 Å². The molecule has 0 amide bonds. The van der Waals surface area contributed by atoms with Crippen molar-refractivity contribution in [2.45, 2.75) is 25.7 Å². The number of hydrogen-bond acceptors (Lipinski definition) is 2. The highest BCUT2D eigenvalue weighted by Gasteiger charge is 2.48. The van der Waals surface area contributed by atoms with Crippen molar-refractivity contribution in [2.24, 2.45) is 11.3 Å². The molecule has 0 bridgehead atoms. The first kappa shape index (κ1) is 7.29. The molecule has 2 heteroatoms. The van der Waals surface area contributed by atoms with Crippen LogP contribution in [0, 0.1) is 11.3 Å². The van der Waals surface area contributed by atoms with Gasteiger partial charge in [-0.2, -0.15) is 0 Å². The van der Waals surface area contributed by atoms with Crippen molar-refractivity contribution in [3.8, 4) is 0 Å². The molecular weight excluding hydrogens is 138 g/mol. The lowest BCUT2D eigenvalue weighted by molar-refractivity contribution is -0.114. The average Bonchev–Trinajstić information content (AvgIpc) is 2.86. The molecule has 2 aliphatic rings. The zero-order chi connectivity index (χ0) is 7.73. The van der Waals surface area contributed by atoms with Crippen LogP contribution in [0.3, 0.4) is 0 Å². The molecule has 0 spiro atoms. The molecule has 1 N–H and O–H groups in total.